The van der Waals surface area contributed by atoms with Gasteiger partial charge in [-0.1, -0.05) is 0 Å². The third kappa shape index (κ3) is 2.41. The van der Waals surface area contributed by atoms with Crippen molar-refractivity contribution in [3.63, 3.8) is 0 Å². The molecule has 0 saturated heterocycles. The van der Waals surface area contributed by atoms with Gasteiger partial charge < -0.3 is 9.30 Å². The summed E-state index contributed by atoms with van der Waals surface area (Å²) in [6.07, 6.45) is 4.96. The van der Waals surface area contributed by atoms with Crippen molar-refractivity contribution in [1.29, 1.82) is 0 Å². The van der Waals surface area contributed by atoms with Gasteiger partial charge in [0.2, 0.25) is 0 Å². The fourth-order valence-corrected chi connectivity index (χ4v) is 2.51. The van der Waals surface area contributed by atoms with Gasteiger partial charge in [-0.15, -0.1) is 0 Å². The van der Waals surface area contributed by atoms with Crippen molar-refractivity contribution in [2.24, 2.45) is 7.05 Å². The van der Waals surface area contributed by atoms with Crippen LogP contribution in [0.3, 0.4) is 0 Å². The number of rotatable bonds is 5. The maximum absolute atomic E-state index is 5.54. The summed E-state index contributed by atoms with van der Waals surface area (Å²) in [4.78, 5) is 0. The lowest BCUT2D eigenvalue weighted by Crippen LogP contribution is -2.04. The molecule has 0 aliphatic carbocycles. The molecule has 0 spiro atoms. The van der Waals surface area contributed by atoms with Gasteiger partial charge in [-0.2, -0.15) is 5.10 Å². The van der Waals surface area contributed by atoms with Crippen LogP contribution in [0.1, 0.15) is 12.6 Å². The van der Waals surface area contributed by atoms with Crippen molar-refractivity contribution in [1.82, 2.24) is 14.3 Å². The van der Waals surface area contributed by atoms with Crippen LogP contribution in [-0.4, -0.2) is 21.0 Å². The van der Waals surface area contributed by atoms with Gasteiger partial charge in [0.15, 0.2) is 0 Å². The van der Waals surface area contributed by atoms with Gasteiger partial charge in [0.05, 0.1) is 6.61 Å². The van der Waals surface area contributed by atoms with Gasteiger partial charge in [-0.05, 0) is 37.3 Å². The third-order valence-corrected chi connectivity index (χ3v) is 3.58. The molecule has 3 aromatic rings. The van der Waals surface area contributed by atoms with Crippen LogP contribution in [0.4, 0.5) is 0 Å². The van der Waals surface area contributed by atoms with E-state index >= 15 is 0 Å². The molecule has 0 bridgehead atoms. The van der Waals surface area contributed by atoms with Crippen LogP contribution >= 0.6 is 0 Å². The van der Waals surface area contributed by atoms with E-state index in [1.54, 1.807) is 0 Å². The Labute approximate surface area is 118 Å². The Bertz CT molecular complexity index is 711. The lowest BCUT2D eigenvalue weighted by molar-refractivity contribution is 0.340. The third-order valence-electron chi connectivity index (χ3n) is 3.58. The number of aryl methyl sites for hydroxylation is 3. The minimum Gasteiger partial charge on any atom is -0.494 e. The number of fused-ring (bicyclic) bond motifs is 1. The number of benzene rings is 1. The average Bonchev–Trinajstić information content (AvgIpc) is 3.03. The van der Waals surface area contributed by atoms with E-state index in [1.165, 1.54) is 16.6 Å². The van der Waals surface area contributed by atoms with Crippen molar-refractivity contribution in [3.8, 4) is 5.75 Å². The van der Waals surface area contributed by atoms with Gasteiger partial charge >= 0.3 is 0 Å². The molecule has 3 rings (SSSR count). The van der Waals surface area contributed by atoms with E-state index in [9.17, 15) is 0 Å². The predicted molar refractivity (Wildman–Crippen MR) is 80.0 cm³/mol. The summed E-state index contributed by atoms with van der Waals surface area (Å²) in [6.45, 7) is 3.66. The molecule has 0 unspecified atom stereocenters. The molecule has 2 heterocycles. The Morgan fingerprint density at radius 2 is 2.10 bits per heavy atom. The lowest BCUT2D eigenvalue weighted by atomic mass is 10.2. The Hall–Kier alpha value is -2.23. The second kappa shape index (κ2) is 5.41. The Kier molecular flexibility index (Phi) is 3.46. The molecule has 104 valence electrons. The average molecular weight is 269 g/mol. The van der Waals surface area contributed by atoms with Crippen LogP contribution in [0.15, 0.2) is 42.7 Å². The zero-order valence-corrected chi connectivity index (χ0v) is 11.9. The summed E-state index contributed by atoms with van der Waals surface area (Å²) in [5.74, 6) is 0.935. The van der Waals surface area contributed by atoms with Crippen LogP contribution < -0.4 is 4.74 Å². The van der Waals surface area contributed by atoms with E-state index in [-0.39, 0.29) is 0 Å². The molecular formula is C16H19N3O. The highest BCUT2D eigenvalue weighted by atomic mass is 16.5. The molecule has 1 aromatic carbocycles. The summed E-state index contributed by atoms with van der Waals surface area (Å²) in [7, 11) is 1.98. The number of nitrogens with zero attached hydrogens (tertiary/aromatic N) is 3. The molecule has 0 atom stereocenters. The second-order valence-electron chi connectivity index (χ2n) is 4.86. The molecule has 20 heavy (non-hydrogen) atoms. The SMILES string of the molecule is CCOc1ccc2c(ccn2CCc2ccnn2C)c1. The molecule has 4 nitrogen and oxygen atoms in total. The van der Waals surface area contributed by atoms with Crippen molar-refractivity contribution >= 4 is 10.9 Å². The Morgan fingerprint density at radius 1 is 1.20 bits per heavy atom. The molecule has 2 aromatic heterocycles. The van der Waals surface area contributed by atoms with Crippen molar-refractivity contribution in [2.45, 2.75) is 19.9 Å². The first-order valence-corrected chi connectivity index (χ1v) is 6.96. The lowest BCUT2D eigenvalue weighted by Gasteiger charge is -2.07. The molecule has 0 radical (unpaired) electrons. The fourth-order valence-electron chi connectivity index (χ4n) is 2.51. The normalized spacial score (nSPS) is 11.1. The molecule has 0 N–H and O–H groups in total. The first-order valence-electron chi connectivity index (χ1n) is 6.96. The van der Waals surface area contributed by atoms with Crippen LogP contribution in [0.25, 0.3) is 10.9 Å². The van der Waals surface area contributed by atoms with E-state index in [0.717, 1.165) is 18.7 Å². The summed E-state index contributed by atoms with van der Waals surface area (Å²) in [5.41, 5.74) is 2.49. The fraction of sp³-hybridized carbons (Fsp3) is 0.312. The monoisotopic (exact) mass is 269 g/mol. The standard InChI is InChI=1S/C16H19N3O/c1-3-20-15-4-5-16-13(12-15)7-10-19(16)11-8-14-6-9-17-18(14)2/h4-7,9-10,12H,3,8,11H2,1-2H3. The molecule has 0 aliphatic rings. The maximum atomic E-state index is 5.54. The first-order chi connectivity index (χ1) is 9.78. The summed E-state index contributed by atoms with van der Waals surface area (Å²) in [5, 5.41) is 5.42. The van der Waals surface area contributed by atoms with E-state index in [4.69, 9.17) is 4.74 Å². The summed E-state index contributed by atoms with van der Waals surface area (Å²) < 4.78 is 9.74. The predicted octanol–water partition coefficient (Wildman–Crippen LogP) is 3.02. The van der Waals surface area contributed by atoms with Crippen LogP contribution in [0, 0.1) is 0 Å². The molecule has 0 fully saturated rings. The highest BCUT2D eigenvalue weighted by Gasteiger charge is 2.04. The molecule has 4 heteroatoms. The first kappa shape index (κ1) is 12.8. The minimum absolute atomic E-state index is 0.701. The van der Waals surface area contributed by atoms with E-state index in [2.05, 4.69) is 40.1 Å². The molecule has 0 saturated carbocycles. The van der Waals surface area contributed by atoms with E-state index in [1.807, 2.05) is 30.9 Å². The maximum Gasteiger partial charge on any atom is 0.120 e. The van der Waals surface area contributed by atoms with E-state index < -0.39 is 0 Å². The molecule has 0 aliphatic heterocycles. The van der Waals surface area contributed by atoms with Gasteiger partial charge in [0, 0.05) is 49.0 Å². The number of ether oxygens (including phenoxy) is 1. The Morgan fingerprint density at radius 3 is 2.85 bits per heavy atom. The number of hydrogen-bond donors (Lipinski definition) is 0. The zero-order chi connectivity index (χ0) is 13.9. The Balaban J connectivity index is 1.80. The van der Waals surface area contributed by atoms with Crippen LogP contribution in [-0.2, 0) is 20.0 Å². The minimum atomic E-state index is 0.701. The van der Waals surface area contributed by atoms with Gasteiger partial charge in [-0.25, -0.2) is 0 Å². The number of hydrogen-bond acceptors (Lipinski definition) is 2. The quantitative estimate of drug-likeness (QED) is 0.713. The van der Waals surface area contributed by atoms with E-state index in [0.29, 0.717) is 6.61 Å². The largest absolute Gasteiger partial charge is 0.494 e. The highest BCUT2D eigenvalue weighted by molar-refractivity contribution is 5.81. The van der Waals surface area contributed by atoms with Crippen LogP contribution in [0.5, 0.6) is 5.75 Å². The smallest absolute Gasteiger partial charge is 0.120 e. The second-order valence-corrected chi connectivity index (χ2v) is 4.86. The summed E-state index contributed by atoms with van der Waals surface area (Å²) in [6, 6.07) is 10.5. The number of aromatic nitrogens is 3. The highest BCUT2D eigenvalue weighted by Crippen LogP contribution is 2.22. The van der Waals surface area contributed by atoms with Gasteiger partial charge in [0.25, 0.3) is 0 Å². The van der Waals surface area contributed by atoms with Crippen molar-refractivity contribution in [3.05, 3.63) is 48.4 Å². The molecular weight excluding hydrogens is 250 g/mol. The van der Waals surface area contributed by atoms with Crippen LogP contribution in [0.2, 0.25) is 0 Å². The van der Waals surface area contributed by atoms with Crippen molar-refractivity contribution in [2.75, 3.05) is 6.61 Å². The van der Waals surface area contributed by atoms with Gasteiger partial charge in [0.1, 0.15) is 5.75 Å². The van der Waals surface area contributed by atoms with Crippen molar-refractivity contribution < 1.29 is 4.74 Å². The van der Waals surface area contributed by atoms with Gasteiger partial charge in [-0.3, -0.25) is 4.68 Å². The molecule has 0 amide bonds. The topological polar surface area (TPSA) is 32.0 Å². The summed E-state index contributed by atoms with van der Waals surface area (Å²) >= 11 is 0. The zero-order valence-electron chi connectivity index (χ0n) is 11.9.